The Morgan fingerprint density at radius 3 is 2.93 bits per heavy atom. The SMILES string of the molecule is COC(=O)c1c(C)ccn1CCCBr. The maximum absolute atomic E-state index is 11.4. The number of esters is 1. The summed E-state index contributed by atoms with van der Waals surface area (Å²) in [5.41, 5.74) is 1.62. The molecule has 14 heavy (non-hydrogen) atoms. The molecule has 4 heteroatoms. The monoisotopic (exact) mass is 259 g/mol. The standard InChI is InChI=1S/C10H14BrNO2/c1-8-4-7-12(6-3-5-11)9(8)10(13)14-2/h4,7H,3,5-6H2,1-2H3. The topological polar surface area (TPSA) is 31.2 Å². The zero-order valence-electron chi connectivity index (χ0n) is 8.42. The van der Waals surface area contributed by atoms with Crippen LogP contribution in [0.3, 0.4) is 0 Å². The molecule has 0 saturated heterocycles. The number of aromatic nitrogens is 1. The van der Waals surface area contributed by atoms with Crippen molar-refractivity contribution >= 4 is 21.9 Å². The van der Waals surface area contributed by atoms with Crippen LogP contribution in [0.5, 0.6) is 0 Å². The molecule has 0 saturated carbocycles. The molecule has 1 aromatic heterocycles. The molecule has 0 aliphatic rings. The Hall–Kier alpha value is -0.770. The number of hydrogen-bond acceptors (Lipinski definition) is 2. The van der Waals surface area contributed by atoms with E-state index < -0.39 is 0 Å². The molecule has 3 nitrogen and oxygen atoms in total. The van der Waals surface area contributed by atoms with Gasteiger partial charge in [0.15, 0.2) is 0 Å². The maximum Gasteiger partial charge on any atom is 0.354 e. The van der Waals surface area contributed by atoms with Crippen molar-refractivity contribution in [2.24, 2.45) is 0 Å². The average molecular weight is 260 g/mol. The fourth-order valence-electron chi connectivity index (χ4n) is 1.37. The van der Waals surface area contributed by atoms with Crippen LogP contribution in [0.4, 0.5) is 0 Å². The minimum Gasteiger partial charge on any atom is -0.464 e. The lowest BCUT2D eigenvalue weighted by Crippen LogP contribution is -2.11. The molecule has 1 aromatic rings. The smallest absolute Gasteiger partial charge is 0.354 e. The van der Waals surface area contributed by atoms with Crippen LogP contribution in [0, 0.1) is 6.92 Å². The van der Waals surface area contributed by atoms with Gasteiger partial charge in [0.05, 0.1) is 7.11 Å². The summed E-state index contributed by atoms with van der Waals surface area (Å²) in [6.45, 7) is 2.75. The fourth-order valence-corrected chi connectivity index (χ4v) is 1.62. The fraction of sp³-hybridized carbons (Fsp3) is 0.500. The van der Waals surface area contributed by atoms with Crippen molar-refractivity contribution in [1.82, 2.24) is 4.57 Å². The zero-order chi connectivity index (χ0) is 10.6. The molecular weight excluding hydrogens is 246 g/mol. The maximum atomic E-state index is 11.4. The van der Waals surface area contributed by atoms with Crippen LogP contribution in [0.25, 0.3) is 0 Å². The third-order valence-electron chi connectivity index (χ3n) is 2.08. The first-order valence-corrected chi connectivity index (χ1v) is 5.63. The Balaban J connectivity index is 2.88. The van der Waals surface area contributed by atoms with Crippen LogP contribution in [-0.4, -0.2) is 23.0 Å². The highest BCUT2D eigenvalue weighted by Crippen LogP contribution is 2.12. The lowest BCUT2D eigenvalue weighted by atomic mass is 10.3. The second kappa shape index (κ2) is 5.20. The van der Waals surface area contributed by atoms with Gasteiger partial charge in [0.25, 0.3) is 0 Å². The molecule has 0 fully saturated rings. The molecular formula is C10H14BrNO2. The Bertz CT molecular complexity index is 320. The number of methoxy groups -OCH3 is 1. The molecule has 0 N–H and O–H groups in total. The number of ether oxygens (including phenoxy) is 1. The van der Waals surface area contributed by atoms with Crippen LogP contribution in [-0.2, 0) is 11.3 Å². The van der Waals surface area contributed by atoms with Gasteiger partial charge >= 0.3 is 5.97 Å². The lowest BCUT2D eigenvalue weighted by molar-refractivity contribution is 0.0587. The molecule has 0 unspecified atom stereocenters. The molecule has 0 amide bonds. The third-order valence-corrected chi connectivity index (χ3v) is 2.64. The first-order valence-electron chi connectivity index (χ1n) is 4.50. The second-order valence-electron chi connectivity index (χ2n) is 3.07. The summed E-state index contributed by atoms with van der Waals surface area (Å²) >= 11 is 3.36. The molecule has 0 spiro atoms. The summed E-state index contributed by atoms with van der Waals surface area (Å²) < 4.78 is 6.66. The summed E-state index contributed by atoms with van der Waals surface area (Å²) in [5.74, 6) is -0.262. The number of rotatable bonds is 4. The first kappa shape index (κ1) is 11.3. The zero-order valence-corrected chi connectivity index (χ0v) is 10.0. The number of alkyl halides is 1. The number of nitrogens with zero attached hydrogens (tertiary/aromatic N) is 1. The molecule has 0 atom stereocenters. The van der Waals surface area contributed by atoms with E-state index in [0.717, 1.165) is 23.9 Å². The quantitative estimate of drug-likeness (QED) is 0.614. The van der Waals surface area contributed by atoms with Crippen LogP contribution >= 0.6 is 15.9 Å². The molecule has 0 aliphatic heterocycles. The van der Waals surface area contributed by atoms with Crippen LogP contribution in [0.1, 0.15) is 22.5 Å². The highest BCUT2D eigenvalue weighted by atomic mass is 79.9. The van der Waals surface area contributed by atoms with Crippen LogP contribution in [0.2, 0.25) is 0 Å². The van der Waals surface area contributed by atoms with E-state index in [1.54, 1.807) is 0 Å². The summed E-state index contributed by atoms with van der Waals surface area (Å²) in [4.78, 5) is 11.4. The van der Waals surface area contributed by atoms with Crippen molar-refractivity contribution in [3.8, 4) is 0 Å². The first-order chi connectivity index (χ1) is 6.70. The van der Waals surface area contributed by atoms with E-state index in [1.165, 1.54) is 7.11 Å². The highest BCUT2D eigenvalue weighted by molar-refractivity contribution is 9.09. The van der Waals surface area contributed by atoms with Crippen LogP contribution < -0.4 is 0 Å². The van der Waals surface area contributed by atoms with E-state index in [-0.39, 0.29) is 5.97 Å². The number of carbonyl (C=O) groups is 1. The van der Waals surface area contributed by atoms with E-state index >= 15 is 0 Å². The Morgan fingerprint density at radius 2 is 2.36 bits per heavy atom. The molecule has 1 heterocycles. The van der Waals surface area contributed by atoms with Gasteiger partial charge in [-0.25, -0.2) is 4.79 Å². The van der Waals surface area contributed by atoms with Gasteiger partial charge in [0.1, 0.15) is 5.69 Å². The Kier molecular flexibility index (Phi) is 4.20. The molecule has 0 radical (unpaired) electrons. The number of carbonyl (C=O) groups excluding carboxylic acids is 1. The minimum absolute atomic E-state index is 0.262. The molecule has 0 aromatic carbocycles. The van der Waals surface area contributed by atoms with Crippen molar-refractivity contribution < 1.29 is 9.53 Å². The predicted octanol–water partition coefficient (Wildman–Crippen LogP) is 2.37. The van der Waals surface area contributed by atoms with E-state index in [4.69, 9.17) is 4.74 Å². The Labute approximate surface area is 92.2 Å². The summed E-state index contributed by atoms with van der Waals surface area (Å²) in [7, 11) is 1.41. The lowest BCUT2D eigenvalue weighted by Gasteiger charge is -2.07. The van der Waals surface area contributed by atoms with E-state index in [2.05, 4.69) is 15.9 Å². The van der Waals surface area contributed by atoms with Gasteiger partial charge in [0, 0.05) is 18.1 Å². The normalized spacial score (nSPS) is 10.2. The molecule has 0 aliphatic carbocycles. The van der Waals surface area contributed by atoms with E-state index in [0.29, 0.717) is 5.69 Å². The summed E-state index contributed by atoms with van der Waals surface area (Å²) in [6, 6.07) is 1.93. The number of halogens is 1. The van der Waals surface area contributed by atoms with Gasteiger partial charge in [0.2, 0.25) is 0 Å². The predicted molar refractivity (Wildman–Crippen MR) is 58.9 cm³/mol. The van der Waals surface area contributed by atoms with Crippen molar-refractivity contribution in [2.75, 3.05) is 12.4 Å². The highest BCUT2D eigenvalue weighted by Gasteiger charge is 2.14. The van der Waals surface area contributed by atoms with Gasteiger partial charge in [-0.15, -0.1) is 0 Å². The Morgan fingerprint density at radius 1 is 1.64 bits per heavy atom. The van der Waals surface area contributed by atoms with Crippen molar-refractivity contribution in [1.29, 1.82) is 0 Å². The van der Waals surface area contributed by atoms with Gasteiger partial charge in [-0.2, -0.15) is 0 Å². The summed E-state index contributed by atoms with van der Waals surface area (Å²) in [5, 5.41) is 0.935. The van der Waals surface area contributed by atoms with Gasteiger partial charge < -0.3 is 9.30 Å². The van der Waals surface area contributed by atoms with Gasteiger partial charge in [-0.05, 0) is 25.0 Å². The van der Waals surface area contributed by atoms with E-state index in [9.17, 15) is 4.79 Å². The van der Waals surface area contributed by atoms with Crippen molar-refractivity contribution in [2.45, 2.75) is 19.9 Å². The molecule has 0 bridgehead atoms. The summed E-state index contributed by atoms with van der Waals surface area (Å²) in [6.07, 6.45) is 2.92. The minimum atomic E-state index is -0.262. The molecule has 1 rings (SSSR count). The van der Waals surface area contributed by atoms with Crippen molar-refractivity contribution in [3.05, 3.63) is 23.5 Å². The third kappa shape index (κ3) is 2.38. The second-order valence-corrected chi connectivity index (χ2v) is 3.87. The van der Waals surface area contributed by atoms with Crippen molar-refractivity contribution in [3.63, 3.8) is 0 Å². The van der Waals surface area contributed by atoms with E-state index in [1.807, 2.05) is 23.8 Å². The average Bonchev–Trinajstić information content (AvgIpc) is 2.55. The van der Waals surface area contributed by atoms with Crippen LogP contribution in [0.15, 0.2) is 12.3 Å². The number of hydrogen-bond donors (Lipinski definition) is 0. The number of aryl methyl sites for hydroxylation is 2. The molecule has 78 valence electrons. The van der Waals surface area contributed by atoms with Gasteiger partial charge in [-0.3, -0.25) is 0 Å². The largest absolute Gasteiger partial charge is 0.464 e. The van der Waals surface area contributed by atoms with Gasteiger partial charge in [-0.1, -0.05) is 15.9 Å².